The van der Waals surface area contributed by atoms with Gasteiger partial charge in [-0.2, -0.15) is 0 Å². The molecule has 4 fully saturated rings. The molecule has 2 amide bonds. The molecule has 0 aromatic heterocycles. The molecule has 4 heteroatoms. The van der Waals surface area contributed by atoms with Crippen molar-refractivity contribution in [2.24, 2.45) is 35.5 Å². The Morgan fingerprint density at radius 2 is 1.14 bits per heavy atom. The SMILES string of the molecule is C[C@H](NC(=O)CCCCC(=O)N[C@H](C)[C@@H]1C[C@H]2CC[C@H]1C2)[C@@H]1C[C@H]2CC[C@H]1C2. The predicted molar refractivity (Wildman–Crippen MR) is 112 cm³/mol. The summed E-state index contributed by atoms with van der Waals surface area (Å²) in [5, 5.41) is 6.48. The number of unbranched alkanes of at least 4 members (excludes halogenated alkanes) is 1. The van der Waals surface area contributed by atoms with Crippen molar-refractivity contribution in [2.75, 3.05) is 0 Å². The number of carbonyl (C=O) groups is 2. The van der Waals surface area contributed by atoms with Gasteiger partial charge in [-0.3, -0.25) is 9.59 Å². The van der Waals surface area contributed by atoms with Crippen molar-refractivity contribution in [3.63, 3.8) is 0 Å². The van der Waals surface area contributed by atoms with Crippen LogP contribution < -0.4 is 10.6 Å². The normalized spacial score (nSPS) is 37.8. The Labute approximate surface area is 171 Å². The highest BCUT2D eigenvalue weighted by molar-refractivity contribution is 5.77. The van der Waals surface area contributed by atoms with E-state index in [-0.39, 0.29) is 11.8 Å². The van der Waals surface area contributed by atoms with Gasteiger partial charge in [0.2, 0.25) is 11.8 Å². The first-order valence-corrected chi connectivity index (χ1v) is 12.1. The zero-order valence-electron chi connectivity index (χ0n) is 17.9. The molecule has 0 saturated heterocycles. The molecular weight excluding hydrogens is 348 g/mol. The van der Waals surface area contributed by atoms with Gasteiger partial charge in [0.1, 0.15) is 0 Å². The summed E-state index contributed by atoms with van der Waals surface area (Å²) in [4.78, 5) is 24.5. The molecule has 0 spiro atoms. The van der Waals surface area contributed by atoms with Crippen LogP contribution in [0.25, 0.3) is 0 Å². The number of hydrogen-bond donors (Lipinski definition) is 2. The van der Waals surface area contributed by atoms with E-state index in [4.69, 9.17) is 0 Å². The molecule has 0 unspecified atom stereocenters. The van der Waals surface area contributed by atoms with Crippen molar-refractivity contribution < 1.29 is 9.59 Å². The zero-order chi connectivity index (χ0) is 19.7. The lowest BCUT2D eigenvalue weighted by molar-refractivity contribution is -0.124. The van der Waals surface area contributed by atoms with Crippen LogP contribution in [0.5, 0.6) is 0 Å². The summed E-state index contributed by atoms with van der Waals surface area (Å²) in [5.74, 6) is 5.28. The summed E-state index contributed by atoms with van der Waals surface area (Å²) in [5.41, 5.74) is 0. The van der Waals surface area contributed by atoms with Gasteiger partial charge in [0.15, 0.2) is 0 Å². The Hall–Kier alpha value is -1.06. The first-order valence-electron chi connectivity index (χ1n) is 12.1. The van der Waals surface area contributed by atoms with Gasteiger partial charge in [-0.1, -0.05) is 12.8 Å². The van der Waals surface area contributed by atoms with Gasteiger partial charge in [-0.15, -0.1) is 0 Å². The van der Waals surface area contributed by atoms with E-state index in [0.717, 1.165) is 36.5 Å². The van der Waals surface area contributed by atoms with E-state index in [1.807, 2.05) is 0 Å². The lowest BCUT2D eigenvalue weighted by Crippen LogP contribution is -2.40. The highest BCUT2D eigenvalue weighted by Gasteiger charge is 2.43. The van der Waals surface area contributed by atoms with Gasteiger partial charge in [0.25, 0.3) is 0 Å². The number of amides is 2. The van der Waals surface area contributed by atoms with Crippen LogP contribution in [0.1, 0.15) is 90.9 Å². The van der Waals surface area contributed by atoms with Gasteiger partial charge < -0.3 is 10.6 Å². The highest BCUT2D eigenvalue weighted by atomic mass is 16.2. The number of hydrogen-bond acceptors (Lipinski definition) is 2. The molecule has 4 aliphatic carbocycles. The summed E-state index contributed by atoms with van der Waals surface area (Å²) in [7, 11) is 0. The largest absolute Gasteiger partial charge is 0.353 e. The summed E-state index contributed by atoms with van der Waals surface area (Å²) < 4.78 is 0. The quantitative estimate of drug-likeness (QED) is 0.574. The second-order valence-corrected chi connectivity index (χ2v) is 10.6. The Kier molecular flexibility index (Phi) is 6.32. The molecule has 158 valence electrons. The molecule has 0 aromatic rings. The molecule has 4 saturated carbocycles. The first-order chi connectivity index (χ1) is 13.5. The van der Waals surface area contributed by atoms with Gasteiger partial charge in [0.05, 0.1) is 0 Å². The fourth-order valence-electron chi connectivity index (χ4n) is 7.25. The number of rotatable bonds is 9. The van der Waals surface area contributed by atoms with Crippen molar-refractivity contribution in [1.82, 2.24) is 10.6 Å². The second kappa shape index (κ2) is 8.75. The van der Waals surface area contributed by atoms with Crippen molar-refractivity contribution in [2.45, 2.75) is 103 Å². The van der Waals surface area contributed by atoms with E-state index in [2.05, 4.69) is 24.5 Å². The Bertz CT molecular complexity index is 527. The molecule has 28 heavy (non-hydrogen) atoms. The fourth-order valence-corrected chi connectivity index (χ4v) is 7.25. The van der Waals surface area contributed by atoms with Crippen LogP contribution in [0.3, 0.4) is 0 Å². The number of fused-ring (bicyclic) bond motifs is 4. The van der Waals surface area contributed by atoms with Crippen molar-refractivity contribution in [3.8, 4) is 0 Å². The van der Waals surface area contributed by atoms with Crippen LogP contribution in [0.2, 0.25) is 0 Å². The van der Waals surface area contributed by atoms with Crippen LogP contribution in [0.15, 0.2) is 0 Å². The molecule has 2 N–H and O–H groups in total. The van der Waals surface area contributed by atoms with E-state index in [1.54, 1.807) is 0 Å². The minimum Gasteiger partial charge on any atom is -0.353 e. The maximum Gasteiger partial charge on any atom is 0.220 e. The molecule has 8 atom stereocenters. The Balaban J connectivity index is 1.07. The average Bonchev–Trinajstić information content (AvgIpc) is 3.46. The second-order valence-electron chi connectivity index (χ2n) is 10.6. The average molecular weight is 389 g/mol. The minimum absolute atomic E-state index is 0.172. The maximum absolute atomic E-state index is 12.3. The standard InChI is InChI=1S/C24H40N2O2/c1-15(21-13-17-7-9-19(21)11-17)25-23(27)5-3-4-6-24(28)26-16(2)22-14-18-8-10-20(22)12-18/h15-22H,3-14H2,1-2H3,(H,25,27)(H,26,28)/t15-,16+,17-,18-,19-,20-,21-,22-/m0/s1. The fraction of sp³-hybridized carbons (Fsp3) is 0.917. The lowest BCUT2D eigenvalue weighted by atomic mass is 9.84. The number of carbonyl (C=O) groups excluding carboxylic acids is 2. The molecule has 4 nitrogen and oxygen atoms in total. The summed E-state index contributed by atoms with van der Waals surface area (Å²) in [6.07, 6.45) is 13.7. The molecule has 4 bridgehead atoms. The molecule has 0 heterocycles. The van der Waals surface area contributed by atoms with Crippen molar-refractivity contribution >= 4 is 11.8 Å². The third kappa shape index (κ3) is 4.57. The molecule has 0 radical (unpaired) electrons. The molecule has 4 aliphatic rings. The van der Waals surface area contributed by atoms with Crippen LogP contribution in [0, 0.1) is 35.5 Å². The van der Waals surface area contributed by atoms with E-state index >= 15 is 0 Å². The molecule has 0 aliphatic heterocycles. The summed E-state index contributed by atoms with van der Waals surface area (Å²) in [6, 6.07) is 0.627. The monoisotopic (exact) mass is 388 g/mol. The lowest BCUT2D eigenvalue weighted by Gasteiger charge is -2.28. The van der Waals surface area contributed by atoms with Gasteiger partial charge >= 0.3 is 0 Å². The van der Waals surface area contributed by atoms with Crippen LogP contribution >= 0.6 is 0 Å². The molecule has 4 rings (SSSR count). The minimum atomic E-state index is 0.172. The van der Waals surface area contributed by atoms with Crippen LogP contribution in [-0.2, 0) is 9.59 Å². The maximum atomic E-state index is 12.3. The van der Waals surface area contributed by atoms with E-state index in [0.29, 0.717) is 36.8 Å². The van der Waals surface area contributed by atoms with Gasteiger partial charge in [-0.25, -0.2) is 0 Å². The van der Waals surface area contributed by atoms with Crippen molar-refractivity contribution in [3.05, 3.63) is 0 Å². The Morgan fingerprint density at radius 1 is 0.714 bits per heavy atom. The van der Waals surface area contributed by atoms with Crippen LogP contribution in [0.4, 0.5) is 0 Å². The van der Waals surface area contributed by atoms with Gasteiger partial charge in [-0.05, 0) is 101 Å². The van der Waals surface area contributed by atoms with Crippen LogP contribution in [-0.4, -0.2) is 23.9 Å². The highest BCUT2D eigenvalue weighted by Crippen LogP contribution is 2.50. The van der Waals surface area contributed by atoms with E-state index in [1.165, 1.54) is 51.4 Å². The van der Waals surface area contributed by atoms with E-state index < -0.39 is 0 Å². The summed E-state index contributed by atoms with van der Waals surface area (Å²) in [6.45, 7) is 4.38. The first kappa shape index (κ1) is 20.2. The smallest absolute Gasteiger partial charge is 0.220 e. The Morgan fingerprint density at radius 3 is 1.46 bits per heavy atom. The van der Waals surface area contributed by atoms with E-state index in [9.17, 15) is 9.59 Å². The predicted octanol–water partition coefficient (Wildman–Crippen LogP) is 4.43. The molecular formula is C24H40N2O2. The third-order valence-electron chi connectivity index (χ3n) is 8.71. The number of nitrogens with one attached hydrogen (secondary N) is 2. The zero-order valence-corrected chi connectivity index (χ0v) is 17.9. The topological polar surface area (TPSA) is 58.2 Å². The van der Waals surface area contributed by atoms with Crippen molar-refractivity contribution in [1.29, 1.82) is 0 Å². The van der Waals surface area contributed by atoms with Gasteiger partial charge in [0, 0.05) is 24.9 Å². The third-order valence-corrected chi connectivity index (χ3v) is 8.71. The summed E-state index contributed by atoms with van der Waals surface area (Å²) >= 11 is 0. The molecule has 0 aromatic carbocycles.